The molecule has 0 aliphatic carbocycles. The van der Waals surface area contributed by atoms with E-state index >= 15 is 0 Å². The first-order valence-corrected chi connectivity index (χ1v) is 7.79. The Morgan fingerprint density at radius 2 is 2.21 bits per heavy atom. The van der Waals surface area contributed by atoms with Crippen molar-refractivity contribution in [3.8, 4) is 5.75 Å². The number of alkyl halides is 1. The average molecular weight is 324 g/mol. The molecule has 1 aromatic carbocycles. The fourth-order valence-electron chi connectivity index (χ4n) is 2.87. The van der Waals surface area contributed by atoms with Gasteiger partial charge in [0.2, 0.25) is 5.91 Å². The summed E-state index contributed by atoms with van der Waals surface area (Å²) in [6.45, 7) is 2.23. The second-order valence-corrected chi connectivity index (χ2v) is 6.64. The summed E-state index contributed by atoms with van der Waals surface area (Å²) in [5.41, 5.74) is 1.15. The highest BCUT2D eigenvalue weighted by atomic mass is 79.9. The van der Waals surface area contributed by atoms with Gasteiger partial charge in [-0.3, -0.25) is 4.79 Å². The van der Waals surface area contributed by atoms with E-state index in [0.29, 0.717) is 11.4 Å². The van der Waals surface area contributed by atoms with E-state index < -0.39 is 0 Å². The summed E-state index contributed by atoms with van der Waals surface area (Å²) in [6, 6.07) is 8.01. The number of para-hydroxylation sites is 1. The van der Waals surface area contributed by atoms with E-state index in [1.54, 1.807) is 0 Å². The molecule has 1 fully saturated rings. The van der Waals surface area contributed by atoms with E-state index in [1.807, 2.05) is 23.1 Å². The number of carbonyl (C=O) groups excluding carboxylic acids is 1. The molecule has 2 heterocycles. The van der Waals surface area contributed by atoms with Gasteiger partial charge in [0.25, 0.3) is 0 Å². The van der Waals surface area contributed by atoms with Gasteiger partial charge in [0, 0.05) is 17.9 Å². The van der Waals surface area contributed by atoms with E-state index in [0.717, 1.165) is 43.7 Å². The van der Waals surface area contributed by atoms with Crippen LogP contribution in [0.2, 0.25) is 0 Å². The Balaban J connectivity index is 1.69. The molecule has 0 aromatic heterocycles. The molecule has 1 saturated heterocycles. The SMILES string of the molecule is O=C(C1COc2ccccc2C1)N1CCCC(Br)C1. The van der Waals surface area contributed by atoms with Crippen molar-refractivity contribution in [3.63, 3.8) is 0 Å². The molecule has 2 atom stereocenters. The number of nitrogens with zero attached hydrogens (tertiary/aromatic N) is 1. The Bertz CT molecular complexity index is 477. The van der Waals surface area contributed by atoms with Crippen LogP contribution in [0.3, 0.4) is 0 Å². The van der Waals surface area contributed by atoms with Crippen LogP contribution >= 0.6 is 15.9 Å². The number of likely N-dealkylation sites (tertiary alicyclic amines) is 1. The van der Waals surface area contributed by atoms with Crippen LogP contribution in [-0.2, 0) is 11.2 Å². The first-order chi connectivity index (χ1) is 9.24. The van der Waals surface area contributed by atoms with E-state index in [-0.39, 0.29) is 11.8 Å². The normalized spacial score (nSPS) is 26.5. The maximum atomic E-state index is 12.5. The van der Waals surface area contributed by atoms with E-state index in [9.17, 15) is 4.79 Å². The van der Waals surface area contributed by atoms with Gasteiger partial charge in [-0.2, -0.15) is 0 Å². The highest BCUT2D eigenvalue weighted by molar-refractivity contribution is 9.09. The van der Waals surface area contributed by atoms with Crippen molar-refractivity contribution in [1.82, 2.24) is 4.90 Å². The highest BCUT2D eigenvalue weighted by Crippen LogP contribution is 2.28. The molecule has 0 saturated carbocycles. The molecule has 1 aromatic rings. The van der Waals surface area contributed by atoms with Gasteiger partial charge in [-0.1, -0.05) is 34.1 Å². The minimum Gasteiger partial charge on any atom is -0.492 e. The molecule has 0 N–H and O–H groups in total. The summed E-state index contributed by atoms with van der Waals surface area (Å²) < 4.78 is 5.72. The molecule has 2 aliphatic heterocycles. The van der Waals surface area contributed by atoms with Crippen molar-refractivity contribution in [1.29, 1.82) is 0 Å². The van der Waals surface area contributed by atoms with Gasteiger partial charge < -0.3 is 9.64 Å². The molecule has 19 heavy (non-hydrogen) atoms. The zero-order valence-electron chi connectivity index (χ0n) is 10.8. The highest BCUT2D eigenvalue weighted by Gasteiger charge is 2.31. The Labute approximate surface area is 122 Å². The monoisotopic (exact) mass is 323 g/mol. The lowest BCUT2D eigenvalue weighted by atomic mass is 9.95. The third-order valence-electron chi connectivity index (χ3n) is 3.90. The smallest absolute Gasteiger partial charge is 0.229 e. The van der Waals surface area contributed by atoms with Crippen molar-refractivity contribution in [2.24, 2.45) is 5.92 Å². The summed E-state index contributed by atoms with van der Waals surface area (Å²) in [4.78, 5) is 15.0. The lowest BCUT2D eigenvalue weighted by molar-refractivity contribution is -0.137. The summed E-state index contributed by atoms with van der Waals surface area (Å²) in [5, 5.41) is 0. The number of hydrogen-bond acceptors (Lipinski definition) is 2. The van der Waals surface area contributed by atoms with Crippen LogP contribution in [0.1, 0.15) is 18.4 Å². The van der Waals surface area contributed by atoms with Crippen LogP contribution < -0.4 is 4.74 Å². The predicted octanol–water partition coefficient (Wildman–Crippen LogP) is 2.62. The molecule has 0 bridgehead atoms. The maximum Gasteiger partial charge on any atom is 0.229 e. The van der Waals surface area contributed by atoms with Crippen LogP contribution in [0.5, 0.6) is 5.75 Å². The van der Waals surface area contributed by atoms with Gasteiger partial charge in [0.1, 0.15) is 12.4 Å². The largest absolute Gasteiger partial charge is 0.492 e. The van der Waals surface area contributed by atoms with Crippen molar-refractivity contribution in [2.45, 2.75) is 24.1 Å². The number of benzene rings is 1. The number of piperidine rings is 1. The molecule has 3 rings (SSSR count). The molecule has 1 amide bonds. The molecule has 3 nitrogen and oxygen atoms in total. The van der Waals surface area contributed by atoms with Gasteiger partial charge in [-0.05, 0) is 30.9 Å². The van der Waals surface area contributed by atoms with E-state index in [4.69, 9.17) is 4.74 Å². The van der Waals surface area contributed by atoms with Crippen molar-refractivity contribution in [3.05, 3.63) is 29.8 Å². The van der Waals surface area contributed by atoms with Crippen LogP contribution in [0, 0.1) is 5.92 Å². The number of amides is 1. The van der Waals surface area contributed by atoms with E-state index in [2.05, 4.69) is 22.0 Å². The lowest BCUT2D eigenvalue weighted by Crippen LogP contribution is -2.46. The molecule has 102 valence electrons. The molecule has 0 radical (unpaired) electrons. The van der Waals surface area contributed by atoms with Gasteiger partial charge >= 0.3 is 0 Å². The van der Waals surface area contributed by atoms with Crippen molar-refractivity contribution in [2.75, 3.05) is 19.7 Å². The average Bonchev–Trinajstić information content (AvgIpc) is 2.46. The van der Waals surface area contributed by atoms with E-state index in [1.165, 1.54) is 0 Å². The minimum absolute atomic E-state index is 0.0206. The first kappa shape index (κ1) is 13.0. The van der Waals surface area contributed by atoms with Gasteiger partial charge in [0.05, 0.1) is 5.92 Å². The first-order valence-electron chi connectivity index (χ1n) is 6.87. The Morgan fingerprint density at radius 1 is 1.37 bits per heavy atom. The van der Waals surface area contributed by atoms with Crippen LogP contribution in [0.25, 0.3) is 0 Å². The summed E-state index contributed by atoms with van der Waals surface area (Å²) >= 11 is 3.62. The molecule has 2 aliphatic rings. The summed E-state index contributed by atoms with van der Waals surface area (Å²) in [7, 11) is 0. The van der Waals surface area contributed by atoms with Gasteiger partial charge in [-0.25, -0.2) is 0 Å². The molecule has 2 unspecified atom stereocenters. The minimum atomic E-state index is -0.0206. The number of fused-ring (bicyclic) bond motifs is 1. The van der Waals surface area contributed by atoms with Crippen LogP contribution in [0.15, 0.2) is 24.3 Å². The maximum absolute atomic E-state index is 12.5. The summed E-state index contributed by atoms with van der Waals surface area (Å²) in [5.74, 6) is 1.16. The topological polar surface area (TPSA) is 29.5 Å². The Hall–Kier alpha value is -1.03. The zero-order chi connectivity index (χ0) is 13.2. The molecular weight excluding hydrogens is 306 g/mol. The lowest BCUT2D eigenvalue weighted by Gasteiger charge is -2.34. The van der Waals surface area contributed by atoms with Crippen molar-refractivity contribution < 1.29 is 9.53 Å². The number of carbonyl (C=O) groups is 1. The number of halogens is 1. The number of ether oxygens (including phenoxy) is 1. The van der Waals surface area contributed by atoms with Crippen molar-refractivity contribution >= 4 is 21.8 Å². The summed E-state index contributed by atoms with van der Waals surface area (Å²) in [6.07, 6.45) is 3.05. The van der Waals surface area contributed by atoms with Crippen LogP contribution in [-0.4, -0.2) is 35.3 Å². The molecular formula is C15H18BrNO2. The molecule has 0 spiro atoms. The molecule has 4 heteroatoms. The Morgan fingerprint density at radius 3 is 3.05 bits per heavy atom. The zero-order valence-corrected chi connectivity index (χ0v) is 12.4. The predicted molar refractivity (Wildman–Crippen MR) is 77.7 cm³/mol. The number of rotatable bonds is 1. The van der Waals surface area contributed by atoms with Gasteiger partial charge in [-0.15, -0.1) is 0 Å². The third kappa shape index (κ3) is 2.78. The second-order valence-electron chi connectivity index (χ2n) is 5.34. The number of hydrogen-bond donors (Lipinski definition) is 0. The second kappa shape index (κ2) is 5.53. The standard InChI is InChI=1S/C15H18BrNO2/c16-13-5-3-7-17(9-13)15(18)12-8-11-4-1-2-6-14(11)19-10-12/h1-2,4,6,12-13H,3,5,7-10H2. The fourth-order valence-corrected chi connectivity index (χ4v) is 3.54. The van der Waals surface area contributed by atoms with Crippen LogP contribution in [0.4, 0.5) is 0 Å². The quantitative estimate of drug-likeness (QED) is 0.743. The third-order valence-corrected chi connectivity index (χ3v) is 4.65. The fraction of sp³-hybridized carbons (Fsp3) is 0.533. The Kier molecular flexibility index (Phi) is 3.78. The van der Waals surface area contributed by atoms with Gasteiger partial charge in [0.15, 0.2) is 0 Å².